The summed E-state index contributed by atoms with van der Waals surface area (Å²) in [5.74, 6) is -1.13. The van der Waals surface area contributed by atoms with Gasteiger partial charge in [-0.1, -0.05) is 19.9 Å². The number of carboxylic acids is 1. The van der Waals surface area contributed by atoms with Gasteiger partial charge in [-0.25, -0.2) is 4.79 Å². The van der Waals surface area contributed by atoms with Crippen molar-refractivity contribution >= 4 is 12.0 Å². The van der Waals surface area contributed by atoms with Gasteiger partial charge in [0.1, 0.15) is 5.75 Å². The Hall–Kier alpha value is -1.98. The van der Waals surface area contributed by atoms with Crippen molar-refractivity contribution in [3.8, 4) is 5.75 Å². The number of hydrogen-bond acceptors (Lipinski definition) is 2. The number of rotatable bonds is 6. The molecular formula is C15H17F3O3. The third kappa shape index (κ3) is 5.89. The van der Waals surface area contributed by atoms with Crippen LogP contribution in [0.4, 0.5) is 13.2 Å². The van der Waals surface area contributed by atoms with Crippen LogP contribution in [-0.4, -0.2) is 17.7 Å². The molecule has 0 spiro atoms. The van der Waals surface area contributed by atoms with Crippen molar-refractivity contribution in [1.29, 1.82) is 0 Å². The Labute approximate surface area is 121 Å². The number of halogens is 3. The van der Waals surface area contributed by atoms with E-state index in [2.05, 4.69) is 0 Å². The van der Waals surface area contributed by atoms with E-state index in [4.69, 9.17) is 9.84 Å². The van der Waals surface area contributed by atoms with Crippen LogP contribution in [0, 0.1) is 5.92 Å². The maximum absolute atomic E-state index is 13.0. The van der Waals surface area contributed by atoms with Gasteiger partial charge in [0.2, 0.25) is 0 Å². The highest BCUT2D eigenvalue weighted by Gasteiger charge is 2.34. The molecule has 0 aliphatic heterocycles. The summed E-state index contributed by atoms with van der Waals surface area (Å²) in [6.45, 7) is 4.10. The molecule has 0 heterocycles. The van der Waals surface area contributed by atoms with Gasteiger partial charge in [0.25, 0.3) is 0 Å². The molecule has 0 radical (unpaired) electrons. The molecule has 116 valence electrons. The molecule has 0 atom stereocenters. The van der Waals surface area contributed by atoms with Crippen LogP contribution in [0.2, 0.25) is 0 Å². The van der Waals surface area contributed by atoms with Crippen molar-refractivity contribution in [1.82, 2.24) is 0 Å². The van der Waals surface area contributed by atoms with Gasteiger partial charge < -0.3 is 9.84 Å². The molecule has 6 heteroatoms. The smallest absolute Gasteiger partial charge is 0.419 e. The summed E-state index contributed by atoms with van der Waals surface area (Å²) >= 11 is 0. The van der Waals surface area contributed by atoms with E-state index >= 15 is 0 Å². The maximum Gasteiger partial charge on any atom is 0.419 e. The Bertz CT molecular complexity index is 519. The van der Waals surface area contributed by atoms with Gasteiger partial charge in [-0.15, -0.1) is 0 Å². The fourth-order valence-corrected chi connectivity index (χ4v) is 1.57. The average Bonchev–Trinajstić information content (AvgIpc) is 2.35. The SMILES string of the molecule is CC(C)CCOc1ccc(C=CC(=O)O)cc1C(F)(F)F. The van der Waals surface area contributed by atoms with Crippen LogP contribution in [0.5, 0.6) is 5.75 Å². The van der Waals surface area contributed by atoms with Crippen molar-refractivity contribution in [3.05, 3.63) is 35.4 Å². The summed E-state index contributed by atoms with van der Waals surface area (Å²) in [6, 6.07) is 3.48. The number of carbonyl (C=O) groups is 1. The fraction of sp³-hybridized carbons (Fsp3) is 0.400. The summed E-state index contributed by atoms with van der Waals surface area (Å²) in [5.41, 5.74) is -0.750. The summed E-state index contributed by atoms with van der Waals surface area (Å²) in [5, 5.41) is 8.49. The van der Waals surface area contributed by atoms with Crippen LogP contribution in [0.15, 0.2) is 24.3 Å². The number of hydrogen-bond donors (Lipinski definition) is 1. The van der Waals surface area contributed by atoms with Crippen LogP contribution in [-0.2, 0) is 11.0 Å². The van der Waals surface area contributed by atoms with Crippen molar-refractivity contribution in [2.24, 2.45) is 5.92 Å². The molecule has 0 aliphatic rings. The molecule has 3 nitrogen and oxygen atoms in total. The molecule has 1 aromatic rings. The number of ether oxygens (including phenoxy) is 1. The molecule has 1 rings (SSSR count). The Morgan fingerprint density at radius 2 is 2.05 bits per heavy atom. The first-order chi connectivity index (χ1) is 9.70. The predicted molar refractivity (Wildman–Crippen MR) is 73.1 cm³/mol. The van der Waals surface area contributed by atoms with Gasteiger partial charge >= 0.3 is 12.1 Å². The first-order valence-electron chi connectivity index (χ1n) is 6.45. The Kier molecular flexibility index (Phi) is 5.81. The third-order valence-electron chi connectivity index (χ3n) is 2.68. The lowest BCUT2D eigenvalue weighted by Gasteiger charge is -2.15. The Balaban J connectivity index is 3.00. The molecular weight excluding hydrogens is 285 g/mol. The number of aliphatic carboxylic acids is 1. The summed E-state index contributed by atoms with van der Waals surface area (Å²) in [7, 11) is 0. The standard InChI is InChI=1S/C15H17F3O3/c1-10(2)7-8-21-13-5-3-11(4-6-14(19)20)9-12(13)15(16,17)18/h3-6,9-10H,7-8H2,1-2H3,(H,19,20). The van der Waals surface area contributed by atoms with E-state index in [1.165, 1.54) is 12.1 Å². The lowest BCUT2D eigenvalue weighted by Crippen LogP contribution is -2.10. The minimum absolute atomic E-state index is 0.154. The first kappa shape index (κ1) is 17.1. The molecule has 21 heavy (non-hydrogen) atoms. The molecule has 0 amide bonds. The van der Waals surface area contributed by atoms with Gasteiger partial charge in [0.05, 0.1) is 12.2 Å². The first-order valence-corrected chi connectivity index (χ1v) is 6.45. The Morgan fingerprint density at radius 3 is 2.57 bits per heavy atom. The van der Waals surface area contributed by atoms with Gasteiger partial charge in [0, 0.05) is 6.08 Å². The molecule has 1 aromatic carbocycles. The predicted octanol–water partition coefficient (Wildman–Crippen LogP) is 4.23. The highest BCUT2D eigenvalue weighted by atomic mass is 19.4. The summed E-state index contributed by atoms with van der Waals surface area (Å²) in [4.78, 5) is 10.4. The lowest BCUT2D eigenvalue weighted by atomic mass is 10.1. The molecule has 0 fully saturated rings. The maximum atomic E-state index is 13.0. The molecule has 0 bridgehead atoms. The molecule has 1 N–H and O–H groups in total. The van der Waals surface area contributed by atoms with E-state index in [0.29, 0.717) is 12.3 Å². The molecule has 0 unspecified atom stereocenters. The van der Waals surface area contributed by atoms with Crippen LogP contribution in [0.25, 0.3) is 6.08 Å². The van der Waals surface area contributed by atoms with E-state index in [1.807, 2.05) is 13.8 Å². The number of alkyl halides is 3. The second-order valence-corrected chi connectivity index (χ2v) is 4.96. The minimum Gasteiger partial charge on any atom is -0.493 e. The Morgan fingerprint density at radius 1 is 1.38 bits per heavy atom. The zero-order chi connectivity index (χ0) is 16.0. The average molecular weight is 302 g/mol. The monoisotopic (exact) mass is 302 g/mol. The van der Waals surface area contributed by atoms with Gasteiger partial charge in [-0.3, -0.25) is 0 Å². The molecule has 0 saturated carbocycles. The van der Waals surface area contributed by atoms with Crippen molar-refractivity contribution in [2.75, 3.05) is 6.61 Å². The number of carboxylic acid groups (broad SMARTS) is 1. The zero-order valence-electron chi connectivity index (χ0n) is 11.8. The van der Waals surface area contributed by atoms with Crippen LogP contribution in [0.3, 0.4) is 0 Å². The normalized spacial score (nSPS) is 12.1. The van der Waals surface area contributed by atoms with Crippen molar-refractivity contribution in [3.63, 3.8) is 0 Å². The summed E-state index contributed by atoms with van der Waals surface area (Å²) < 4.78 is 44.2. The molecule has 0 aromatic heterocycles. The van der Waals surface area contributed by atoms with E-state index in [1.54, 1.807) is 0 Å². The minimum atomic E-state index is -4.56. The van der Waals surface area contributed by atoms with E-state index in [9.17, 15) is 18.0 Å². The van der Waals surface area contributed by atoms with Gasteiger partial charge in [-0.05, 0) is 36.1 Å². The van der Waals surface area contributed by atoms with E-state index in [-0.39, 0.29) is 17.9 Å². The van der Waals surface area contributed by atoms with Crippen molar-refractivity contribution < 1.29 is 27.8 Å². The van der Waals surface area contributed by atoms with Gasteiger partial charge in [0.15, 0.2) is 0 Å². The van der Waals surface area contributed by atoms with E-state index < -0.39 is 17.7 Å². The van der Waals surface area contributed by atoms with E-state index in [0.717, 1.165) is 18.2 Å². The largest absolute Gasteiger partial charge is 0.493 e. The molecule has 0 saturated heterocycles. The third-order valence-corrected chi connectivity index (χ3v) is 2.68. The van der Waals surface area contributed by atoms with Crippen LogP contribution < -0.4 is 4.74 Å². The summed E-state index contributed by atoms with van der Waals surface area (Å²) in [6.07, 6.45) is -2.01. The van der Waals surface area contributed by atoms with Crippen molar-refractivity contribution in [2.45, 2.75) is 26.4 Å². The topological polar surface area (TPSA) is 46.5 Å². The molecule has 0 aliphatic carbocycles. The van der Waals surface area contributed by atoms with Crippen LogP contribution in [0.1, 0.15) is 31.4 Å². The number of benzene rings is 1. The fourth-order valence-electron chi connectivity index (χ4n) is 1.57. The second kappa shape index (κ2) is 7.15. The van der Waals surface area contributed by atoms with Gasteiger partial charge in [-0.2, -0.15) is 13.2 Å². The van der Waals surface area contributed by atoms with Crippen LogP contribution >= 0.6 is 0 Å². The quantitative estimate of drug-likeness (QED) is 0.800. The second-order valence-electron chi connectivity index (χ2n) is 4.96. The lowest BCUT2D eigenvalue weighted by molar-refractivity contribution is -0.139. The highest BCUT2D eigenvalue weighted by molar-refractivity contribution is 5.85. The highest BCUT2D eigenvalue weighted by Crippen LogP contribution is 2.37. The zero-order valence-corrected chi connectivity index (χ0v) is 11.8.